The SMILES string of the molecule is O=C(COc1ccc(-c2ccccc2)cc1Cl)NCCCNC(=O)c1cccc(O)c1. The molecule has 3 aromatic rings. The van der Waals surface area contributed by atoms with Crippen LogP contribution >= 0.6 is 11.6 Å². The van der Waals surface area contributed by atoms with Gasteiger partial charge >= 0.3 is 0 Å². The fourth-order valence-corrected chi connectivity index (χ4v) is 3.12. The number of phenols is 1. The van der Waals surface area contributed by atoms with Crippen LogP contribution in [0.3, 0.4) is 0 Å². The summed E-state index contributed by atoms with van der Waals surface area (Å²) in [5, 5.41) is 15.3. The molecular formula is C24H23ClN2O4. The van der Waals surface area contributed by atoms with Gasteiger partial charge in [0.1, 0.15) is 11.5 Å². The summed E-state index contributed by atoms with van der Waals surface area (Å²) in [6.07, 6.45) is 0.558. The van der Waals surface area contributed by atoms with Crippen LogP contribution in [0.25, 0.3) is 11.1 Å². The summed E-state index contributed by atoms with van der Waals surface area (Å²) >= 11 is 6.29. The number of carbonyl (C=O) groups excluding carboxylic acids is 2. The van der Waals surface area contributed by atoms with Gasteiger partial charge in [0.15, 0.2) is 6.61 Å². The second-order valence-electron chi connectivity index (χ2n) is 6.81. The quantitative estimate of drug-likeness (QED) is 0.440. The number of ether oxygens (including phenoxy) is 1. The minimum atomic E-state index is -0.279. The molecule has 31 heavy (non-hydrogen) atoms. The molecular weight excluding hydrogens is 416 g/mol. The lowest BCUT2D eigenvalue weighted by atomic mass is 10.1. The maximum Gasteiger partial charge on any atom is 0.257 e. The van der Waals surface area contributed by atoms with E-state index in [1.807, 2.05) is 36.4 Å². The van der Waals surface area contributed by atoms with E-state index >= 15 is 0 Å². The van der Waals surface area contributed by atoms with Gasteiger partial charge in [-0.2, -0.15) is 0 Å². The van der Waals surface area contributed by atoms with Crippen molar-refractivity contribution in [3.63, 3.8) is 0 Å². The first-order valence-electron chi connectivity index (χ1n) is 9.84. The highest BCUT2D eigenvalue weighted by Crippen LogP contribution is 2.30. The van der Waals surface area contributed by atoms with Gasteiger partial charge in [-0.3, -0.25) is 9.59 Å². The van der Waals surface area contributed by atoms with Crippen molar-refractivity contribution in [2.75, 3.05) is 19.7 Å². The van der Waals surface area contributed by atoms with E-state index in [0.29, 0.717) is 35.8 Å². The van der Waals surface area contributed by atoms with E-state index in [2.05, 4.69) is 10.6 Å². The molecule has 0 aliphatic carbocycles. The van der Waals surface area contributed by atoms with Crippen LogP contribution in [-0.4, -0.2) is 36.6 Å². The van der Waals surface area contributed by atoms with Crippen LogP contribution in [0.4, 0.5) is 0 Å². The van der Waals surface area contributed by atoms with Crippen molar-refractivity contribution >= 4 is 23.4 Å². The minimum Gasteiger partial charge on any atom is -0.508 e. The Morgan fingerprint density at radius 1 is 0.871 bits per heavy atom. The predicted molar refractivity (Wildman–Crippen MR) is 120 cm³/mol. The Morgan fingerprint density at radius 3 is 2.39 bits per heavy atom. The molecule has 3 aromatic carbocycles. The van der Waals surface area contributed by atoms with E-state index in [-0.39, 0.29) is 24.2 Å². The maximum atomic E-state index is 12.0. The van der Waals surface area contributed by atoms with Crippen molar-refractivity contribution in [1.82, 2.24) is 10.6 Å². The van der Waals surface area contributed by atoms with Crippen molar-refractivity contribution in [3.05, 3.63) is 83.4 Å². The number of rotatable bonds is 9. The normalized spacial score (nSPS) is 10.4. The monoisotopic (exact) mass is 438 g/mol. The molecule has 0 aromatic heterocycles. The van der Waals surface area contributed by atoms with Gasteiger partial charge in [-0.15, -0.1) is 0 Å². The number of carbonyl (C=O) groups is 2. The summed E-state index contributed by atoms with van der Waals surface area (Å²) in [6, 6.07) is 21.4. The second-order valence-corrected chi connectivity index (χ2v) is 7.22. The lowest BCUT2D eigenvalue weighted by Crippen LogP contribution is -2.32. The van der Waals surface area contributed by atoms with E-state index < -0.39 is 0 Å². The highest BCUT2D eigenvalue weighted by molar-refractivity contribution is 6.32. The third kappa shape index (κ3) is 6.76. The number of nitrogens with one attached hydrogen (secondary N) is 2. The molecule has 0 heterocycles. The van der Waals surface area contributed by atoms with Crippen molar-refractivity contribution in [3.8, 4) is 22.6 Å². The van der Waals surface area contributed by atoms with E-state index in [0.717, 1.165) is 11.1 Å². The van der Waals surface area contributed by atoms with Gasteiger partial charge in [-0.25, -0.2) is 0 Å². The lowest BCUT2D eigenvalue weighted by molar-refractivity contribution is -0.123. The highest BCUT2D eigenvalue weighted by atomic mass is 35.5. The molecule has 0 unspecified atom stereocenters. The molecule has 0 bridgehead atoms. The third-order valence-electron chi connectivity index (χ3n) is 4.47. The molecule has 3 N–H and O–H groups in total. The van der Waals surface area contributed by atoms with Gasteiger partial charge in [-0.1, -0.05) is 54.1 Å². The molecule has 2 amide bonds. The Hall–Kier alpha value is -3.51. The summed E-state index contributed by atoms with van der Waals surface area (Å²) in [6.45, 7) is 0.631. The maximum absolute atomic E-state index is 12.0. The third-order valence-corrected chi connectivity index (χ3v) is 4.76. The van der Waals surface area contributed by atoms with Crippen LogP contribution in [0.2, 0.25) is 5.02 Å². The zero-order valence-corrected chi connectivity index (χ0v) is 17.6. The Morgan fingerprint density at radius 2 is 1.65 bits per heavy atom. The lowest BCUT2D eigenvalue weighted by Gasteiger charge is -2.10. The number of hydrogen-bond donors (Lipinski definition) is 3. The Labute approximate surface area is 185 Å². The van der Waals surface area contributed by atoms with Gasteiger partial charge in [0.05, 0.1) is 5.02 Å². The van der Waals surface area contributed by atoms with Gasteiger partial charge in [-0.05, 0) is 47.9 Å². The zero-order valence-electron chi connectivity index (χ0n) is 16.8. The van der Waals surface area contributed by atoms with Gasteiger partial charge < -0.3 is 20.5 Å². The Balaban J connectivity index is 1.36. The number of phenolic OH excluding ortho intramolecular Hbond substituents is 1. The number of aromatic hydroxyl groups is 1. The van der Waals surface area contributed by atoms with E-state index in [1.165, 1.54) is 12.1 Å². The first-order chi connectivity index (χ1) is 15.0. The zero-order chi connectivity index (χ0) is 22.1. The number of benzene rings is 3. The molecule has 0 spiro atoms. The molecule has 0 fully saturated rings. The average molecular weight is 439 g/mol. The molecule has 6 nitrogen and oxygen atoms in total. The molecule has 0 aliphatic rings. The number of hydrogen-bond acceptors (Lipinski definition) is 4. The fraction of sp³-hybridized carbons (Fsp3) is 0.167. The molecule has 160 valence electrons. The van der Waals surface area contributed by atoms with Crippen LogP contribution in [-0.2, 0) is 4.79 Å². The van der Waals surface area contributed by atoms with Crippen LogP contribution in [0, 0.1) is 0 Å². The van der Waals surface area contributed by atoms with E-state index in [9.17, 15) is 14.7 Å². The van der Waals surface area contributed by atoms with E-state index in [1.54, 1.807) is 24.3 Å². The fourth-order valence-electron chi connectivity index (χ4n) is 2.89. The smallest absolute Gasteiger partial charge is 0.257 e. The van der Waals surface area contributed by atoms with Crippen molar-refractivity contribution in [1.29, 1.82) is 0 Å². The summed E-state index contributed by atoms with van der Waals surface area (Å²) in [4.78, 5) is 23.9. The summed E-state index contributed by atoms with van der Waals surface area (Å²) in [7, 11) is 0. The summed E-state index contributed by atoms with van der Waals surface area (Å²) in [5.74, 6) is -0.0775. The van der Waals surface area contributed by atoms with Gasteiger partial charge in [0.25, 0.3) is 11.8 Å². The second kappa shape index (κ2) is 11.0. The van der Waals surface area contributed by atoms with Crippen molar-refractivity contribution in [2.24, 2.45) is 0 Å². The highest BCUT2D eigenvalue weighted by Gasteiger charge is 2.08. The standard InChI is InChI=1S/C24H23ClN2O4/c25-21-15-18(17-6-2-1-3-7-17)10-11-22(21)31-16-23(29)26-12-5-13-27-24(30)19-8-4-9-20(28)14-19/h1-4,6-11,14-15,28H,5,12-13,16H2,(H,26,29)(H,27,30). The Kier molecular flexibility index (Phi) is 7.90. The largest absolute Gasteiger partial charge is 0.508 e. The van der Waals surface area contributed by atoms with Gasteiger partial charge in [0, 0.05) is 18.7 Å². The first kappa shape index (κ1) is 22.2. The van der Waals surface area contributed by atoms with E-state index in [4.69, 9.17) is 16.3 Å². The first-order valence-corrected chi connectivity index (χ1v) is 10.2. The minimum absolute atomic E-state index is 0.0368. The van der Waals surface area contributed by atoms with Crippen LogP contribution in [0.15, 0.2) is 72.8 Å². The molecule has 0 radical (unpaired) electrons. The van der Waals surface area contributed by atoms with Gasteiger partial charge in [0.2, 0.25) is 0 Å². The molecule has 7 heteroatoms. The molecule has 0 saturated heterocycles. The molecule has 0 aliphatic heterocycles. The molecule has 0 saturated carbocycles. The average Bonchev–Trinajstić information content (AvgIpc) is 2.78. The van der Waals surface area contributed by atoms with Crippen molar-refractivity contribution < 1.29 is 19.4 Å². The van der Waals surface area contributed by atoms with Crippen LogP contribution in [0.5, 0.6) is 11.5 Å². The number of halogens is 1. The molecule has 3 rings (SSSR count). The predicted octanol–water partition coefficient (Wildman–Crippen LogP) is 4.03. The van der Waals surface area contributed by atoms with Crippen LogP contribution in [0.1, 0.15) is 16.8 Å². The summed E-state index contributed by atoms with van der Waals surface area (Å²) < 4.78 is 5.52. The van der Waals surface area contributed by atoms with Crippen molar-refractivity contribution in [2.45, 2.75) is 6.42 Å². The Bertz CT molecular complexity index is 1040. The number of amides is 2. The topological polar surface area (TPSA) is 87.7 Å². The van der Waals surface area contributed by atoms with Crippen LogP contribution < -0.4 is 15.4 Å². The summed E-state index contributed by atoms with van der Waals surface area (Å²) in [5.41, 5.74) is 2.40. The molecule has 0 atom stereocenters.